The van der Waals surface area contributed by atoms with Gasteiger partial charge in [-0.3, -0.25) is 0 Å². The highest BCUT2D eigenvalue weighted by atomic mass is 16.7. The molecule has 0 bridgehead atoms. The molecule has 1 saturated heterocycles. The van der Waals surface area contributed by atoms with Crippen LogP contribution in [0.25, 0.3) is 5.69 Å². The number of carbonyl (C=O) groups excluding carboxylic acids is 1. The Hall–Kier alpha value is -2.82. The summed E-state index contributed by atoms with van der Waals surface area (Å²) in [6, 6.07) is 9.37. The second-order valence-corrected chi connectivity index (χ2v) is 6.99. The molecule has 0 saturated carbocycles. The van der Waals surface area contributed by atoms with Gasteiger partial charge in [-0.05, 0) is 12.1 Å². The lowest BCUT2D eigenvalue weighted by Crippen LogP contribution is -2.33. The summed E-state index contributed by atoms with van der Waals surface area (Å²) in [5.74, 6) is -0.610. The van der Waals surface area contributed by atoms with Gasteiger partial charge in [0.2, 0.25) is 0 Å². The van der Waals surface area contributed by atoms with E-state index < -0.39 is 12.3 Å². The standard InChI is InChI=1S/C19H21N3O4/c1-19(2)10-25-18(26-11-19)12-5-4-6-14(7-12)22-9-13(8-20)15(21)16(22)17(23)24-3/h4-7,9,18H,10-11,21H2,1-3H3. The Labute approximate surface area is 151 Å². The van der Waals surface area contributed by atoms with Gasteiger partial charge in [0.15, 0.2) is 12.0 Å². The van der Waals surface area contributed by atoms with Crippen LogP contribution in [0.5, 0.6) is 0 Å². The molecular formula is C19H21N3O4. The van der Waals surface area contributed by atoms with Crippen LogP contribution in [0.4, 0.5) is 5.69 Å². The maximum atomic E-state index is 12.1. The summed E-state index contributed by atoms with van der Waals surface area (Å²) in [4.78, 5) is 12.1. The molecule has 1 aliphatic rings. The number of hydrogen-bond acceptors (Lipinski definition) is 6. The first-order chi connectivity index (χ1) is 12.4. The Bertz CT molecular complexity index is 869. The average Bonchev–Trinajstić information content (AvgIpc) is 2.97. The molecule has 2 aromatic rings. The molecule has 1 aliphatic heterocycles. The molecular weight excluding hydrogens is 334 g/mol. The summed E-state index contributed by atoms with van der Waals surface area (Å²) in [6.07, 6.45) is 1.04. The van der Waals surface area contributed by atoms with Crippen LogP contribution < -0.4 is 5.73 Å². The van der Waals surface area contributed by atoms with Crippen molar-refractivity contribution in [2.75, 3.05) is 26.1 Å². The fourth-order valence-electron chi connectivity index (χ4n) is 2.82. The zero-order chi connectivity index (χ0) is 18.9. The van der Waals surface area contributed by atoms with Crippen molar-refractivity contribution in [1.82, 2.24) is 4.57 Å². The first-order valence-corrected chi connectivity index (χ1v) is 8.19. The monoisotopic (exact) mass is 355 g/mol. The summed E-state index contributed by atoms with van der Waals surface area (Å²) in [6.45, 7) is 5.33. The fourth-order valence-corrected chi connectivity index (χ4v) is 2.82. The molecule has 0 aliphatic carbocycles. The Balaban J connectivity index is 1.99. The van der Waals surface area contributed by atoms with Gasteiger partial charge in [-0.1, -0.05) is 26.0 Å². The fraction of sp³-hybridized carbons (Fsp3) is 0.368. The van der Waals surface area contributed by atoms with E-state index in [-0.39, 0.29) is 22.4 Å². The highest BCUT2D eigenvalue weighted by Gasteiger charge is 2.29. The number of nitrogen functional groups attached to an aromatic ring is 1. The molecule has 7 nitrogen and oxygen atoms in total. The number of benzene rings is 1. The molecule has 0 atom stereocenters. The number of aromatic nitrogens is 1. The van der Waals surface area contributed by atoms with E-state index in [2.05, 4.69) is 13.8 Å². The van der Waals surface area contributed by atoms with Crippen molar-refractivity contribution in [2.45, 2.75) is 20.1 Å². The normalized spacial score (nSPS) is 16.8. The van der Waals surface area contributed by atoms with Gasteiger partial charge in [0.1, 0.15) is 6.07 Å². The van der Waals surface area contributed by atoms with Crippen LogP contribution in [0.1, 0.15) is 41.8 Å². The van der Waals surface area contributed by atoms with Gasteiger partial charge in [-0.15, -0.1) is 0 Å². The van der Waals surface area contributed by atoms with E-state index in [1.165, 1.54) is 13.3 Å². The van der Waals surface area contributed by atoms with Crippen molar-refractivity contribution < 1.29 is 19.0 Å². The topological polar surface area (TPSA) is 99.5 Å². The van der Waals surface area contributed by atoms with Crippen LogP contribution in [0.2, 0.25) is 0 Å². The number of nitrogens with zero attached hydrogens (tertiary/aromatic N) is 2. The summed E-state index contributed by atoms with van der Waals surface area (Å²) in [5, 5.41) is 9.23. The Morgan fingerprint density at radius 2 is 2.08 bits per heavy atom. The SMILES string of the molecule is COC(=O)c1c(N)c(C#N)cn1-c1cccc(C2OCC(C)(C)CO2)c1. The molecule has 136 valence electrons. The van der Waals surface area contributed by atoms with Crippen molar-refractivity contribution in [2.24, 2.45) is 5.41 Å². The third-order valence-corrected chi connectivity index (χ3v) is 4.22. The van der Waals surface area contributed by atoms with Crippen LogP contribution >= 0.6 is 0 Å². The lowest BCUT2D eigenvalue weighted by atomic mass is 9.95. The molecule has 7 heteroatoms. The van der Waals surface area contributed by atoms with E-state index >= 15 is 0 Å². The van der Waals surface area contributed by atoms with Crippen LogP contribution in [0.3, 0.4) is 0 Å². The minimum absolute atomic E-state index is 0.0251. The van der Waals surface area contributed by atoms with Crippen molar-refractivity contribution in [1.29, 1.82) is 5.26 Å². The zero-order valence-electron chi connectivity index (χ0n) is 15.0. The molecule has 0 spiro atoms. The predicted molar refractivity (Wildman–Crippen MR) is 94.7 cm³/mol. The smallest absolute Gasteiger partial charge is 0.357 e. The van der Waals surface area contributed by atoms with E-state index in [1.807, 2.05) is 30.3 Å². The Morgan fingerprint density at radius 3 is 2.69 bits per heavy atom. The summed E-state index contributed by atoms with van der Waals surface area (Å²) < 4.78 is 18.0. The van der Waals surface area contributed by atoms with E-state index in [4.69, 9.17) is 19.9 Å². The Kier molecular flexibility index (Phi) is 4.72. The van der Waals surface area contributed by atoms with Gasteiger partial charge in [0.05, 0.1) is 31.6 Å². The van der Waals surface area contributed by atoms with Crippen LogP contribution in [0.15, 0.2) is 30.5 Å². The molecule has 2 N–H and O–H groups in total. The number of nitriles is 1. The molecule has 26 heavy (non-hydrogen) atoms. The highest BCUT2D eigenvalue weighted by molar-refractivity contribution is 5.95. The summed E-state index contributed by atoms with van der Waals surface area (Å²) >= 11 is 0. The Morgan fingerprint density at radius 1 is 1.38 bits per heavy atom. The second kappa shape index (κ2) is 6.83. The van der Waals surface area contributed by atoms with Gasteiger partial charge in [-0.25, -0.2) is 4.79 Å². The van der Waals surface area contributed by atoms with Crippen molar-refractivity contribution >= 4 is 11.7 Å². The molecule has 1 fully saturated rings. The van der Waals surface area contributed by atoms with Crippen molar-refractivity contribution in [3.63, 3.8) is 0 Å². The third-order valence-electron chi connectivity index (χ3n) is 4.22. The van der Waals surface area contributed by atoms with Crippen molar-refractivity contribution in [3.05, 3.63) is 47.3 Å². The zero-order valence-corrected chi connectivity index (χ0v) is 15.0. The van der Waals surface area contributed by atoms with Crippen LogP contribution in [0, 0.1) is 16.7 Å². The molecule has 2 heterocycles. The van der Waals surface area contributed by atoms with Gasteiger partial charge in [0.25, 0.3) is 0 Å². The summed E-state index contributed by atoms with van der Waals surface area (Å²) in [5.41, 5.74) is 7.82. The molecule has 0 amide bonds. The lowest BCUT2D eigenvalue weighted by molar-refractivity contribution is -0.226. The maximum absolute atomic E-state index is 12.1. The van der Waals surface area contributed by atoms with E-state index in [0.717, 1.165) is 5.56 Å². The molecule has 1 aromatic carbocycles. The van der Waals surface area contributed by atoms with Crippen LogP contribution in [-0.4, -0.2) is 30.9 Å². The number of ether oxygens (including phenoxy) is 3. The first-order valence-electron chi connectivity index (χ1n) is 8.19. The molecule has 0 radical (unpaired) electrons. The molecule has 1 aromatic heterocycles. The van der Waals surface area contributed by atoms with Gasteiger partial charge < -0.3 is 24.5 Å². The number of anilines is 1. The van der Waals surface area contributed by atoms with Gasteiger partial charge in [-0.2, -0.15) is 5.26 Å². The highest BCUT2D eigenvalue weighted by Crippen LogP contribution is 2.32. The minimum atomic E-state index is -0.610. The van der Waals surface area contributed by atoms with E-state index in [9.17, 15) is 10.1 Å². The quantitative estimate of drug-likeness (QED) is 0.850. The lowest BCUT2D eigenvalue weighted by Gasteiger charge is -2.34. The average molecular weight is 355 g/mol. The van der Waals surface area contributed by atoms with Gasteiger partial charge in [0, 0.05) is 22.9 Å². The number of esters is 1. The minimum Gasteiger partial charge on any atom is -0.464 e. The van der Waals surface area contributed by atoms with Crippen LogP contribution in [-0.2, 0) is 14.2 Å². The molecule has 0 unspecified atom stereocenters. The summed E-state index contributed by atoms with van der Waals surface area (Å²) in [7, 11) is 1.27. The predicted octanol–water partition coefficient (Wildman–Crippen LogP) is 2.79. The van der Waals surface area contributed by atoms with Gasteiger partial charge >= 0.3 is 5.97 Å². The van der Waals surface area contributed by atoms with E-state index in [0.29, 0.717) is 18.9 Å². The van der Waals surface area contributed by atoms with E-state index in [1.54, 1.807) is 4.57 Å². The number of carbonyl (C=O) groups is 1. The third kappa shape index (κ3) is 3.29. The largest absolute Gasteiger partial charge is 0.464 e. The first kappa shape index (κ1) is 18.0. The number of rotatable bonds is 3. The number of methoxy groups -OCH3 is 1. The maximum Gasteiger partial charge on any atom is 0.357 e. The second-order valence-electron chi connectivity index (χ2n) is 6.99. The molecule has 3 rings (SSSR count). The van der Waals surface area contributed by atoms with Crippen molar-refractivity contribution in [3.8, 4) is 11.8 Å². The number of hydrogen-bond donors (Lipinski definition) is 1. The number of nitrogens with two attached hydrogens (primary N) is 1.